The Kier molecular flexibility index (Phi) is 4.61. The molecule has 0 bridgehead atoms. The van der Waals surface area contributed by atoms with Crippen LogP contribution in [-0.2, 0) is 0 Å². The van der Waals surface area contributed by atoms with Gasteiger partial charge in [-0.2, -0.15) is 0 Å². The average Bonchev–Trinajstić information content (AvgIpc) is 3.50. The number of benzene rings is 1. The first-order valence-corrected chi connectivity index (χ1v) is 10.6. The molecule has 5 rings (SSSR count). The van der Waals surface area contributed by atoms with Gasteiger partial charge in [0.1, 0.15) is 17.0 Å². The molecule has 1 aromatic carbocycles. The van der Waals surface area contributed by atoms with E-state index in [0.717, 1.165) is 38.2 Å². The number of nitrogens with one attached hydrogen (secondary N) is 1. The number of methoxy groups -OCH3 is 2. The van der Waals surface area contributed by atoms with Gasteiger partial charge in [0.25, 0.3) is 0 Å². The second-order valence-corrected chi connectivity index (χ2v) is 8.54. The number of rotatable bonds is 5. The van der Waals surface area contributed by atoms with E-state index in [9.17, 15) is 14.7 Å². The SMILES string of the molecule is COc1cc2c(=O)c(C(=O)O)cn(C3CC3)c2c(OC)c1N1C[C@H]2CCCN[C@@H]2C1. The van der Waals surface area contributed by atoms with Crippen LogP contribution in [0.4, 0.5) is 5.69 Å². The van der Waals surface area contributed by atoms with Gasteiger partial charge >= 0.3 is 5.97 Å². The molecule has 0 amide bonds. The van der Waals surface area contributed by atoms with Crippen molar-refractivity contribution < 1.29 is 19.4 Å². The maximum Gasteiger partial charge on any atom is 0.341 e. The molecule has 1 saturated carbocycles. The zero-order valence-electron chi connectivity index (χ0n) is 17.3. The first-order valence-electron chi connectivity index (χ1n) is 10.6. The fraction of sp³-hybridized carbons (Fsp3) is 0.545. The summed E-state index contributed by atoms with van der Waals surface area (Å²) in [6.45, 7) is 2.79. The summed E-state index contributed by atoms with van der Waals surface area (Å²) in [7, 11) is 3.18. The Morgan fingerprint density at radius 1 is 1.20 bits per heavy atom. The van der Waals surface area contributed by atoms with Gasteiger partial charge < -0.3 is 29.4 Å². The molecule has 8 heteroatoms. The van der Waals surface area contributed by atoms with Crippen molar-refractivity contribution in [3.05, 3.63) is 28.0 Å². The van der Waals surface area contributed by atoms with Gasteiger partial charge in [0.15, 0.2) is 5.75 Å². The number of pyridine rings is 1. The van der Waals surface area contributed by atoms with Crippen LogP contribution in [0.5, 0.6) is 11.5 Å². The van der Waals surface area contributed by atoms with E-state index in [-0.39, 0.29) is 11.6 Å². The quantitative estimate of drug-likeness (QED) is 0.777. The molecule has 160 valence electrons. The summed E-state index contributed by atoms with van der Waals surface area (Å²) < 4.78 is 13.5. The van der Waals surface area contributed by atoms with Crippen LogP contribution in [0.2, 0.25) is 0 Å². The number of aromatic nitrogens is 1. The minimum atomic E-state index is -1.21. The van der Waals surface area contributed by atoms with E-state index in [1.807, 2.05) is 4.57 Å². The van der Waals surface area contributed by atoms with Crippen molar-refractivity contribution in [3.8, 4) is 11.5 Å². The summed E-state index contributed by atoms with van der Waals surface area (Å²) in [4.78, 5) is 27.0. The fourth-order valence-electron chi connectivity index (χ4n) is 5.12. The van der Waals surface area contributed by atoms with Gasteiger partial charge in [0, 0.05) is 31.4 Å². The number of aromatic carboxylic acids is 1. The highest BCUT2D eigenvalue weighted by Crippen LogP contribution is 2.48. The third kappa shape index (κ3) is 2.93. The van der Waals surface area contributed by atoms with Gasteiger partial charge in [-0.25, -0.2) is 4.79 Å². The molecule has 2 saturated heterocycles. The lowest BCUT2D eigenvalue weighted by molar-refractivity contribution is 0.0695. The maximum absolute atomic E-state index is 13.0. The van der Waals surface area contributed by atoms with E-state index in [2.05, 4.69) is 10.2 Å². The Balaban J connectivity index is 1.75. The molecule has 2 aliphatic heterocycles. The Hall–Kier alpha value is -2.74. The summed E-state index contributed by atoms with van der Waals surface area (Å²) in [5.41, 5.74) is 0.783. The third-order valence-electron chi connectivity index (χ3n) is 6.72. The minimum Gasteiger partial charge on any atom is -0.494 e. The van der Waals surface area contributed by atoms with E-state index in [4.69, 9.17) is 9.47 Å². The zero-order chi connectivity index (χ0) is 21.0. The van der Waals surface area contributed by atoms with E-state index in [1.165, 1.54) is 19.0 Å². The Morgan fingerprint density at radius 3 is 2.63 bits per heavy atom. The molecule has 0 spiro atoms. The van der Waals surface area contributed by atoms with Gasteiger partial charge in [-0.1, -0.05) is 0 Å². The van der Waals surface area contributed by atoms with Crippen LogP contribution in [0.3, 0.4) is 0 Å². The number of anilines is 1. The smallest absolute Gasteiger partial charge is 0.341 e. The van der Waals surface area contributed by atoms with Crippen molar-refractivity contribution in [2.75, 3.05) is 38.8 Å². The number of piperidine rings is 1. The van der Waals surface area contributed by atoms with Gasteiger partial charge in [0.05, 0.1) is 25.1 Å². The molecule has 2 aromatic rings. The number of hydrogen-bond donors (Lipinski definition) is 2. The molecule has 30 heavy (non-hydrogen) atoms. The van der Waals surface area contributed by atoms with Crippen LogP contribution in [-0.4, -0.2) is 55.5 Å². The molecular weight excluding hydrogens is 386 g/mol. The number of carboxylic acid groups (broad SMARTS) is 1. The number of fused-ring (bicyclic) bond motifs is 2. The Morgan fingerprint density at radius 2 is 2.00 bits per heavy atom. The molecule has 2 N–H and O–H groups in total. The monoisotopic (exact) mass is 413 g/mol. The molecule has 1 aliphatic carbocycles. The number of ether oxygens (including phenoxy) is 2. The number of hydrogen-bond acceptors (Lipinski definition) is 6. The third-order valence-corrected chi connectivity index (χ3v) is 6.72. The van der Waals surface area contributed by atoms with Crippen molar-refractivity contribution in [2.45, 2.75) is 37.8 Å². The van der Waals surface area contributed by atoms with Crippen LogP contribution < -0.4 is 25.1 Å². The van der Waals surface area contributed by atoms with Crippen molar-refractivity contribution in [1.82, 2.24) is 9.88 Å². The van der Waals surface area contributed by atoms with Crippen molar-refractivity contribution >= 4 is 22.6 Å². The maximum atomic E-state index is 13.0. The molecule has 3 aliphatic rings. The Bertz CT molecular complexity index is 1060. The lowest BCUT2D eigenvalue weighted by Crippen LogP contribution is -2.40. The van der Waals surface area contributed by atoms with E-state index in [1.54, 1.807) is 20.3 Å². The van der Waals surface area contributed by atoms with Gasteiger partial charge in [-0.15, -0.1) is 0 Å². The Labute approximate surface area is 174 Å². The summed E-state index contributed by atoms with van der Waals surface area (Å²) in [6.07, 6.45) is 5.77. The molecule has 8 nitrogen and oxygen atoms in total. The first kappa shape index (κ1) is 19.2. The van der Waals surface area contributed by atoms with E-state index >= 15 is 0 Å². The summed E-state index contributed by atoms with van der Waals surface area (Å²) in [5.74, 6) is 0.487. The lowest BCUT2D eigenvalue weighted by atomic mass is 9.94. The molecule has 0 radical (unpaired) electrons. The standard InChI is InChI=1S/C22H27N3O5/c1-29-17-8-14-18(25(13-5-6-13)10-15(20(14)26)22(27)28)21(30-2)19(17)24-9-12-4-3-7-23-16(12)11-24/h8,10,12-13,16,23H,3-7,9,11H2,1-2H3,(H,27,28)/t12-,16-/m1/s1. The average molecular weight is 413 g/mol. The van der Waals surface area contributed by atoms with Crippen molar-refractivity contribution in [3.63, 3.8) is 0 Å². The van der Waals surface area contributed by atoms with Crippen molar-refractivity contribution in [1.29, 1.82) is 0 Å². The molecule has 2 atom stereocenters. The summed E-state index contributed by atoms with van der Waals surface area (Å²) in [6, 6.07) is 2.31. The van der Waals surface area contributed by atoms with Crippen LogP contribution in [0.1, 0.15) is 42.1 Å². The zero-order valence-corrected chi connectivity index (χ0v) is 17.3. The largest absolute Gasteiger partial charge is 0.494 e. The first-order chi connectivity index (χ1) is 14.5. The van der Waals surface area contributed by atoms with E-state index in [0.29, 0.717) is 34.4 Å². The highest BCUT2D eigenvalue weighted by molar-refractivity contribution is 5.99. The van der Waals surface area contributed by atoms with Crippen LogP contribution >= 0.6 is 0 Å². The van der Waals surface area contributed by atoms with Gasteiger partial charge in [-0.05, 0) is 44.2 Å². The van der Waals surface area contributed by atoms with Crippen LogP contribution in [0, 0.1) is 5.92 Å². The van der Waals surface area contributed by atoms with Crippen LogP contribution in [0.15, 0.2) is 17.1 Å². The topological polar surface area (TPSA) is 93.0 Å². The highest BCUT2D eigenvalue weighted by Gasteiger charge is 2.38. The molecule has 3 fully saturated rings. The van der Waals surface area contributed by atoms with Gasteiger partial charge in [0.2, 0.25) is 5.43 Å². The number of carboxylic acids is 1. The predicted octanol–water partition coefficient (Wildman–Crippen LogP) is 2.24. The number of nitrogens with zero attached hydrogens (tertiary/aromatic N) is 2. The number of carbonyl (C=O) groups is 1. The van der Waals surface area contributed by atoms with Gasteiger partial charge in [-0.3, -0.25) is 4.79 Å². The molecule has 3 heterocycles. The molecule has 1 aromatic heterocycles. The summed E-state index contributed by atoms with van der Waals surface area (Å²) >= 11 is 0. The molecule has 0 unspecified atom stereocenters. The molecular formula is C22H27N3O5. The lowest BCUT2D eigenvalue weighted by Gasteiger charge is -2.26. The van der Waals surface area contributed by atoms with Crippen molar-refractivity contribution in [2.24, 2.45) is 5.92 Å². The summed E-state index contributed by atoms with van der Waals surface area (Å²) in [5, 5.41) is 13.5. The normalized spacial score (nSPS) is 23.5. The minimum absolute atomic E-state index is 0.184. The highest BCUT2D eigenvalue weighted by atomic mass is 16.5. The fourth-order valence-corrected chi connectivity index (χ4v) is 5.12. The second-order valence-electron chi connectivity index (χ2n) is 8.54. The predicted molar refractivity (Wildman–Crippen MR) is 113 cm³/mol. The van der Waals surface area contributed by atoms with Crippen LogP contribution in [0.25, 0.3) is 10.9 Å². The van der Waals surface area contributed by atoms with E-state index < -0.39 is 11.4 Å². The second kappa shape index (κ2) is 7.19.